The van der Waals surface area contributed by atoms with Gasteiger partial charge in [0.1, 0.15) is 10.1 Å². The zero-order valence-electron chi connectivity index (χ0n) is 12.3. The number of carboxylic acid groups (broad SMARTS) is 1. The van der Waals surface area contributed by atoms with Gasteiger partial charge in [0, 0.05) is 17.2 Å². The van der Waals surface area contributed by atoms with Crippen LogP contribution in [-0.2, 0) is 4.79 Å². The van der Waals surface area contributed by atoms with Crippen molar-refractivity contribution in [3.05, 3.63) is 46.3 Å². The van der Waals surface area contributed by atoms with Crippen molar-refractivity contribution in [1.29, 1.82) is 0 Å². The number of rotatable bonds is 5. The molecule has 0 aliphatic carbocycles. The summed E-state index contributed by atoms with van der Waals surface area (Å²) >= 11 is 7.03. The molecule has 1 aromatic carbocycles. The minimum atomic E-state index is -1.04. The minimum Gasteiger partial charge on any atom is -0.478 e. The fraction of sp³-hybridized carbons (Fsp3) is 0.0667. The molecule has 0 saturated carbocycles. The molecule has 0 aliphatic heterocycles. The molecule has 1 N–H and O–H groups in total. The van der Waals surface area contributed by atoms with Crippen molar-refractivity contribution in [2.45, 2.75) is 6.92 Å². The van der Waals surface area contributed by atoms with Gasteiger partial charge in [-0.3, -0.25) is 0 Å². The lowest BCUT2D eigenvalue weighted by Crippen LogP contribution is -1.95. The Balaban J connectivity index is 1.75. The largest absolute Gasteiger partial charge is 0.478 e. The summed E-state index contributed by atoms with van der Waals surface area (Å²) in [5, 5.41) is 13.1. The topological polar surface area (TPSA) is 98.3 Å². The molecule has 24 heavy (non-hydrogen) atoms. The van der Waals surface area contributed by atoms with E-state index in [0.717, 1.165) is 0 Å². The molecule has 7 nitrogen and oxygen atoms in total. The Morgan fingerprint density at radius 1 is 1.38 bits per heavy atom. The van der Waals surface area contributed by atoms with Crippen molar-refractivity contribution >= 4 is 35.0 Å². The van der Waals surface area contributed by atoms with E-state index in [1.165, 1.54) is 30.5 Å². The summed E-state index contributed by atoms with van der Waals surface area (Å²) < 4.78 is 11.1. The van der Waals surface area contributed by atoms with Crippen LogP contribution in [0.4, 0.5) is 0 Å². The third-order valence-electron chi connectivity index (χ3n) is 2.89. The lowest BCUT2D eigenvalue weighted by Gasteiger charge is -2.01. The number of benzene rings is 1. The van der Waals surface area contributed by atoms with E-state index in [9.17, 15) is 4.79 Å². The van der Waals surface area contributed by atoms with Crippen LogP contribution in [0.25, 0.3) is 17.5 Å². The summed E-state index contributed by atoms with van der Waals surface area (Å²) in [4.78, 5) is 18.9. The van der Waals surface area contributed by atoms with E-state index >= 15 is 0 Å². The number of aromatic nitrogens is 3. The first kappa shape index (κ1) is 16.2. The highest BCUT2D eigenvalue weighted by atomic mass is 35.5. The third-order valence-corrected chi connectivity index (χ3v) is 3.89. The van der Waals surface area contributed by atoms with Gasteiger partial charge in [0.05, 0.1) is 6.20 Å². The molecule has 0 atom stereocenters. The molecule has 0 saturated heterocycles. The van der Waals surface area contributed by atoms with Gasteiger partial charge in [0.25, 0.3) is 11.1 Å². The monoisotopic (exact) mass is 363 g/mol. The van der Waals surface area contributed by atoms with Crippen LogP contribution in [0.1, 0.15) is 12.8 Å². The Labute approximate surface area is 145 Å². The van der Waals surface area contributed by atoms with E-state index in [2.05, 4.69) is 15.1 Å². The van der Waals surface area contributed by atoms with Crippen LogP contribution in [0.15, 0.2) is 40.6 Å². The summed E-state index contributed by atoms with van der Waals surface area (Å²) in [6, 6.07) is 6.98. The molecule has 122 valence electrons. The number of hydrogen-bond acceptors (Lipinski definition) is 7. The van der Waals surface area contributed by atoms with Gasteiger partial charge in [0.2, 0.25) is 5.82 Å². The zero-order valence-corrected chi connectivity index (χ0v) is 13.8. The first-order valence-electron chi connectivity index (χ1n) is 6.66. The van der Waals surface area contributed by atoms with Crippen molar-refractivity contribution in [1.82, 2.24) is 15.1 Å². The Morgan fingerprint density at radius 2 is 2.12 bits per heavy atom. The maximum absolute atomic E-state index is 10.8. The third kappa shape index (κ3) is 3.79. The predicted octanol–water partition coefficient (Wildman–Crippen LogP) is 4.13. The lowest BCUT2D eigenvalue weighted by molar-refractivity contribution is -0.132. The Kier molecular flexibility index (Phi) is 4.59. The van der Waals surface area contributed by atoms with E-state index in [1.54, 1.807) is 24.3 Å². The van der Waals surface area contributed by atoms with Crippen LogP contribution in [0, 0.1) is 0 Å². The standard InChI is InChI=1S/C15H10ClN3O4S/c1-8(14(20)21)6-12-18-13(19-23-12)9-2-4-10(5-3-9)22-15-17-7-11(16)24-15/h2-7H,1H3,(H,20,21). The molecule has 0 spiro atoms. The number of hydrogen-bond donors (Lipinski definition) is 1. The molecule has 3 aromatic rings. The number of ether oxygens (including phenoxy) is 1. The SMILES string of the molecule is CC(=Cc1nc(-c2ccc(Oc3ncc(Cl)s3)cc2)no1)C(=O)O. The van der Waals surface area contributed by atoms with Gasteiger partial charge >= 0.3 is 5.97 Å². The summed E-state index contributed by atoms with van der Waals surface area (Å²) in [5.74, 6) is 0.0274. The molecule has 0 fully saturated rings. The predicted molar refractivity (Wildman–Crippen MR) is 88.2 cm³/mol. The minimum absolute atomic E-state index is 0.107. The molecule has 0 radical (unpaired) electrons. The van der Waals surface area contributed by atoms with Gasteiger partial charge in [-0.2, -0.15) is 4.98 Å². The first-order chi connectivity index (χ1) is 11.5. The summed E-state index contributed by atoms with van der Waals surface area (Å²) in [5.41, 5.74) is 0.812. The first-order valence-corrected chi connectivity index (χ1v) is 7.85. The molecule has 2 heterocycles. The van der Waals surface area contributed by atoms with Crippen molar-refractivity contribution < 1.29 is 19.2 Å². The highest BCUT2D eigenvalue weighted by molar-refractivity contribution is 7.17. The second kappa shape index (κ2) is 6.81. The quantitative estimate of drug-likeness (QED) is 0.680. The van der Waals surface area contributed by atoms with Gasteiger partial charge in [-0.25, -0.2) is 9.78 Å². The molecule has 2 aromatic heterocycles. The number of carbonyl (C=O) groups is 1. The average Bonchev–Trinajstić information content (AvgIpc) is 3.17. The number of halogens is 1. The van der Waals surface area contributed by atoms with Crippen molar-refractivity contribution in [3.63, 3.8) is 0 Å². The van der Waals surface area contributed by atoms with Crippen LogP contribution in [0.3, 0.4) is 0 Å². The van der Waals surface area contributed by atoms with Gasteiger partial charge in [-0.05, 0) is 31.2 Å². The molecule has 0 aliphatic rings. The van der Waals surface area contributed by atoms with E-state index in [-0.39, 0.29) is 11.5 Å². The van der Waals surface area contributed by atoms with Crippen LogP contribution in [0.2, 0.25) is 4.34 Å². The van der Waals surface area contributed by atoms with Crippen LogP contribution < -0.4 is 4.74 Å². The summed E-state index contributed by atoms with van der Waals surface area (Å²) in [7, 11) is 0. The van der Waals surface area contributed by atoms with E-state index in [0.29, 0.717) is 26.7 Å². The summed E-state index contributed by atoms with van der Waals surface area (Å²) in [6.45, 7) is 1.45. The normalized spacial score (nSPS) is 11.5. The summed E-state index contributed by atoms with van der Waals surface area (Å²) in [6.07, 6.45) is 2.83. The molecular weight excluding hydrogens is 354 g/mol. The highest BCUT2D eigenvalue weighted by Crippen LogP contribution is 2.30. The molecule has 3 rings (SSSR count). The molecule has 0 amide bonds. The van der Waals surface area contributed by atoms with Crippen LogP contribution in [0.5, 0.6) is 10.9 Å². The van der Waals surface area contributed by atoms with E-state index in [4.69, 9.17) is 26.0 Å². The second-order valence-electron chi connectivity index (χ2n) is 4.65. The highest BCUT2D eigenvalue weighted by Gasteiger charge is 2.10. The van der Waals surface area contributed by atoms with Gasteiger partial charge in [0.15, 0.2) is 0 Å². The molecular formula is C15H10ClN3O4S. The Hall–Kier alpha value is -2.71. The number of aliphatic carboxylic acids is 1. The van der Waals surface area contributed by atoms with Crippen molar-refractivity contribution in [2.75, 3.05) is 0 Å². The van der Waals surface area contributed by atoms with Gasteiger partial charge in [-0.15, -0.1) is 0 Å². The number of thiazole rings is 1. The number of carboxylic acids is 1. The second-order valence-corrected chi connectivity index (χ2v) is 6.27. The Morgan fingerprint density at radius 3 is 2.75 bits per heavy atom. The zero-order chi connectivity index (χ0) is 17.1. The van der Waals surface area contributed by atoms with Gasteiger partial charge < -0.3 is 14.4 Å². The molecule has 0 bridgehead atoms. The maximum atomic E-state index is 10.8. The molecule has 0 unspecified atom stereocenters. The van der Waals surface area contributed by atoms with E-state index in [1.807, 2.05) is 0 Å². The number of nitrogens with zero attached hydrogens (tertiary/aromatic N) is 3. The smallest absolute Gasteiger partial charge is 0.331 e. The average molecular weight is 364 g/mol. The van der Waals surface area contributed by atoms with E-state index < -0.39 is 5.97 Å². The molecule has 9 heteroatoms. The van der Waals surface area contributed by atoms with Gasteiger partial charge in [-0.1, -0.05) is 28.1 Å². The van der Waals surface area contributed by atoms with Crippen molar-refractivity contribution in [3.8, 4) is 22.3 Å². The van der Waals surface area contributed by atoms with Crippen LogP contribution >= 0.6 is 22.9 Å². The Bertz CT molecular complexity index is 902. The van der Waals surface area contributed by atoms with Crippen LogP contribution in [-0.4, -0.2) is 26.2 Å². The fourth-order valence-electron chi connectivity index (χ4n) is 1.72. The van der Waals surface area contributed by atoms with Crippen molar-refractivity contribution in [2.24, 2.45) is 0 Å². The lowest BCUT2D eigenvalue weighted by atomic mass is 10.2. The fourth-order valence-corrected chi connectivity index (χ4v) is 2.48. The maximum Gasteiger partial charge on any atom is 0.331 e.